The first-order chi connectivity index (χ1) is 14.3. The second kappa shape index (κ2) is 8.45. The van der Waals surface area contributed by atoms with Gasteiger partial charge in [-0.15, -0.1) is 0 Å². The lowest BCUT2D eigenvalue weighted by Crippen LogP contribution is -2.22. The van der Waals surface area contributed by atoms with Gasteiger partial charge in [0.05, 0.1) is 28.9 Å². The fraction of sp³-hybridized carbons (Fsp3) is 0.190. The lowest BCUT2D eigenvalue weighted by Gasteiger charge is -2.08. The number of anilines is 1. The van der Waals surface area contributed by atoms with Crippen molar-refractivity contribution in [2.45, 2.75) is 20.3 Å². The molecule has 3 aromatic rings. The highest BCUT2D eigenvalue weighted by Gasteiger charge is 2.16. The molecule has 9 nitrogen and oxygen atoms in total. The number of nitro groups is 1. The number of nitriles is 1. The van der Waals surface area contributed by atoms with Crippen molar-refractivity contribution in [2.24, 2.45) is 0 Å². The number of fused-ring (bicyclic) bond motifs is 1. The Morgan fingerprint density at radius 1 is 1.23 bits per heavy atom. The van der Waals surface area contributed by atoms with Crippen LogP contribution >= 0.6 is 0 Å². The zero-order valence-electron chi connectivity index (χ0n) is 16.2. The van der Waals surface area contributed by atoms with Crippen molar-refractivity contribution in [3.05, 3.63) is 69.0 Å². The molecule has 0 fully saturated rings. The van der Waals surface area contributed by atoms with Gasteiger partial charge in [-0.1, -0.05) is 0 Å². The minimum Gasteiger partial charge on any atom is -0.464 e. The number of carbonyl (C=O) groups is 2. The van der Waals surface area contributed by atoms with Crippen molar-refractivity contribution in [1.82, 2.24) is 0 Å². The highest BCUT2D eigenvalue weighted by molar-refractivity contribution is 5.94. The fourth-order valence-electron chi connectivity index (χ4n) is 2.86. The Labute approximate surface area is 171 Å². The number of hydrogen-bond acceptors (Lipinski definition) is 7. The topological polar surface area (TPSA) is 135 Å². The molecule has 9 heteroatoms. The van der Waals surface area contributed by atoms with E-state index in [2.05, 4.69) is 5.32 Å². The number of nitro benzene ring substituents is 1. The standard InChI is InChI=1S/C21H17N3O6/c1-12-5-17-15(10-29-19(17)6-13(12)2)8-21(26)30-11-20(25)23-18-4-3-16(24(27)28)7-14(18)9-22/h3-7,10H,8,11H2,1-2H3,(H,23,25). The van der Waals surface area contributed by atoms with E-state index in [1.807, 2.05) is 26.0 Å². The molecule has 152 valence electrons. The number of nitrogens with one attached hydrogen (secondary N) is 1. The Morgan fingerprint density at radius 2 is 1.97 bits per heavy atom. The van der Waals surface area contributed by atoms with Crippen molar-refractivity contribution in [2.75, 3.05) is 11.9 Å². The van der Waals surface area contributed by atoms with Crippen LogP contribution in [0.4, 0.5) is 11.4 Å². The minimum atomic E-state index is -0.669. The van der Waals surface area contributed by atoms with E-state index < -0.39 is 23.4 Å². The van der Waals surface area contributed by atoms with Crippen molar-refractivity contribution in [3.63, 3.8) is 0 Å². The van der Waals surface area contributed by atoms with Crippen molar-refractivity contribution < 1.29 is 23.7 Å². The van der Waals surface area contributed by atoms with Crippen LogP contribution in [0.1, 0.15) is 22.3 Å². The number of esters is 1. The van der Waals surface area contributed by atoms with Crippen LogP contribution in [0.25, 0.3) is 11.0 Å². The molecule has 2 aromatic carbocycles. The predicted molar refractivity (Wildman–Crippen MR) is 107 cm³/mol. The number of rotatable bonds is 6. The van der Waals surface area contributed by atoms with E-state index in [-0.39, 0.29) is 23.4 Å². The maximum atomic E-state index is 12.1. The summed E-state index contributed by atoms with van der Waals surface area (Å²) >= 11 is 0. The van der Waals surface area contributed by atoms with Gasteiger partial charge in [0.2, 0.25) is 0 Å². The average Bonchev–Trinajstić information content (AvgIpc) is 3.08. The Balaban J connectivity index is 1.60. The van der Waals surface area contributed by atoms with Crippen LogP contribution in [0.5, 0.6) is 0 Å². The summed E-state index contributed by atoms with van der Waals surface area (Å²) in [6.45, 7) is 3.36. The Bertz CT molecular complexity index is 1210. The predicted octanol–water partition coefficient (Wildman–Crippen LogP) is 3.55. The van der Waals surface area contributed by atoms with Crippen LogP contribution in [0, 0.1) is 35.3 Å². The average molecular weight is 407 g/mol. The lowest BCUT2D eigenvalue weighted by atomic mass is 10.0. The van der Waals surface area contributed by atoms with Gasteiger partial charge >= 0.3 is 5.97 Å². The third kappa shape index (κ3) is 4.44. The first-order valence-electron chi connectivity index (χ1n) is 8.90. The van der Waals surface area contributed by atoms with Crippen LogP contribution < -0.4 is 5.32 Å². The number of nitrogens with zero attached hydrogens (tertiary/aromatic N) is 2. The van der Waals surface area contributed by atoms with Crippen LogP contribution in [0.3, 0.4) is 0 Å². The molecule has 1 N–H and O–H groups in total. The largest absolute Gasteiger partial charge is 0.464 e. The van der Waals surface area contributed by atoms with Gasteiger partial charge in [-0.25, -0.2) is 0 Å². The number of non-ortho nitro benzene ring substituents is 1. The third-order valence-corrected chi connectivity index (χ3v) is 4.58. The van der Waals surface area contributed by atoms with Crippen LogP contribution in [-0.4, -0.2) is 23.4 Å². The highest BCUT2D eigenvalue weighted by Crippen LogP contribution is 2.25. The van der Waals surface area contributed by atoms with E-state index in [1.54, 1.807) is 6.07 Å². The van der Waals surface area contributed by atoms with Crippen molar-refractivity contribution in [3.8, 4) is 6.07 Å². The number of benzene rings is 2. The second-order valence-corrected chi connectivity index (χ2v) is 6.68. The number of aryl methyl sites for hydroxylation is 2. The quantitative estimate of drug-likeness (QED) is 0.375. The van der Waals surface area contributed by atoms with Crippen LogP contribution in [-0.2, 0) is 20.7 Å². The first-order valence-corrected chi connectivity index (χ1v) is 8.90. The molecule has 0 bridgehead atoms. The Hall–Kier alpha value is -4.19. The first kappa shape index (κ1) is 20.5. The van der Waals surface area contributed by atoms with Gasteiger partial charge in [0, 0.05) is 23.1 Å². The lowest BCUT2D eigenvalue weighted by molar-refractivity contribution is -0.384. The molecular weight excluding hydrogens is 390 g/mol. The molecule has 30 heavy (non-hydrogen) atoms. The fourth-order valence-corrected chi connectivity index (χ4v) is 2.86. The van der Waals surface area contributed by atoms with E-state index >= 15 is 0 Å². The molecule has 1 aromatic heterocycles. The van der Waals surface area contributed by atoms with Gasteiger partial charge in [-0.2, -0.15) is 5.26 Å². The van der Waals surface area contributed by atoms with Crippen molar-refractivity contribution in [1.29, 1.82) is 5.26 Å². The summed E-state index contributed by atoms with van der Waals surface area (Å²) in [4.78, 5) is 34.3. The molecule has 0 atom stereocenters. The van der Waals surface area contributed by atoms with Gasteiger partial charge in [-0.3, -0.25) is 19.7 Å². The molecule has 3 rings (SSSR count). The maximum absolute atomic E-state index is 12.1. The minimum absolute atomic E-state index is 0.0657. The normalized spacial score (nSPS) is 10.4. The SMILES string of the molecule is Cc1cc2occ(CC(=O)OCC(=O)Nc3ccc([N+](=O)[O-])cc3C#N)c2cc1C. The summed E-state index contributed by atoms with van der Waals surface area (Å²) in [6.07, 6.45) is 1.42. The number of ether oxygens (including phenoxy) is 1. The summed E-state index contributed by atoms with van der Waals surface area (Å²) in [5.41, 5.74) is 3.21. The summed E-state index contributed by atoms with van der Waals surface area (Å²) in [5.74, 6) is -1.28. The molecule has 1 heterocycles. The van der Waals surface area contributed by atoms with E-state index in [0.717, 1.165) is 28.6 Å². The number of amides is 1. The molecule has 0 radical (unpaired) electrons. The molecule has 0 aliphatic rings. The van der Waals surface area contributed by atoms with Crippen LogP contribution in [0.2, 0.25) is 0 Å². The molecule has 1 amide bonds. The summed E-state index contributed by atoms with van der Waals surface area (Å²) in [5, 5.41) is 23.1. The molecule has 0 aliphatic heterocycles. The zero-order valence-corrected chi connectivity index (χ0v) is 16.2. The van der Waals surface area contributed by atoms with E-state index in [0.29, 0.717) is 11.1 Å². The zero-order chi connectivity index (χ0) is 21.8. The summed E-state index contributed by atoms with van der Waals surface area (Å²) in [7, 11) is 0. The van der Waals surface area contributed by atoms with Crippen molar-refractivity contribution >= 4 is 34.2 Å². The van der Waals surface area contributed by atoms with E-state index in [9.17, 15) is 19.7 Å². The highest BCUT2D eigenvalue weighted by atomic mass is 16.6. The molecule has 0 aliphatic carbocycles. The molecule has 0 saturated heterocycles. The summed E-state index contributed by atoms with van der Waals surface area (Å²) < 4.78 is 10.5. The van der Waals surface area contributed by atoms with Gasteiger partial charge in [0.15, 0.2) is 6.61 Å². The van der Waals surface area contributed by atoms with Gasteiger partial charge in [0.1, 0.15) is 11.7 Å². The monoisotopic (exact) mass is 407 g/mol. The molecule has 0 unspecified atom stereocenters. The van der Waals surface area contributed by atoms with Gasteiger partial charge < -0.3 is 14.5 Å². The molecule has 0 spiro atoms. The smallest absolute Gasteiger partial charge is 0.310 e. The Kier molecular flexibility index (Phi) is 5.78. The van der Waals surface area contributed by atoms with Gasteiger partial charge in [-0.05, 0) is 43.2 Å². The number of carbonyl (C=O) groups excluding carboxylic acids is 2. The number of hydrogen-bond donors (Lipinski definition) is 1. The second-order valence-electron chi connectivity index (χ2n) is 6.68. The Morgan fingerprint density at radius 3 is 2.67 bits per heavy atom. The van der Waals surface area contributed by atoms with E-state index in [4.69, 9.17) is 14.4 Å². The third-order valence-electron chi connectivity index (χ3n) is 4.58. The van der Waals surface area contributed by atoms with E-state index in [1.165, 1.54) is 12.3 Å². The maximum Gasteiger partial charge on any atom is 0.310 e. The van der Waals surface area contributed by atoms with Gasteiger partial charge in [0.25, 0.3) is 11.6 Å². The van der Waals surface area contributed by atoms with Crippen LogP contribution in [0.15, 0.2) is 41.0 Å². The molecular formula is C21H17N3O6. The number of furan rings is 1. The molecule has 0 saturated carbocycles. The summed E-state index contributed by atoms with van der Waals surface area (Å²) in [6, 6.07) is 9.07.